The van der Waals surface area contributed by atoms with Crippen LogP contribution < -0.4 is 0 Å². The third-order valence-corrected chi connectivity index (χ3v) is 2.77. The molecule has 0 aliphatic rings. The Bertz CT molecular complexity index is 679. The molecule has 0 unspecified atom stereocenters. The number of nitrogens with zero attached hydrogens (tertiary/aromatic N) is 2. The summed E-state index contributed by atoms with van der Waals surface area (Å²) >= 11 is 5.05. The molecule has 18 heavy (non-hydrogen) atoms. The van der Waals surface area contributed by atoms with Gasteiger partial charge >= 0.3 is 0 Å². The maximum atomic E-state index is 10.8. The van der Waals surface area contributed by atoms with E-state index < -0.39 is 4.92 Å². The molecule has 5 nitrogen and oxygen atoms in total. The molecule has 6 heteroatoms. The minimum Gasteiger partial charge on any atom is -0.343 e. The average molecular weight is 261 g/mol. The number of aryl methyl sites for hydroxylation is 2. The lowest BCUT2D eigenvalue weighted by Crippen LogP contribution is -1.96. The van der Waals surface area contributed by atoms with Crippen molar-refractivity contribution in [2.24, 2.45) is 0 Å². The molecule has 0 saturated carbocycles. The first kappa shape index (κ1) is 12.4. The molecular weight excluding hydrogens is 250 g/mol. The van der Waals surface area contributed by atoms with Gasteiger partial charge in [-0.2, -0.15) is 0 Å². The van der Waals surface area contributed by atoms with Crippen LogP contribution in [-0.4, -0.2) is 14.9 Å². The third-order valence-electron chi connectivity index (χ3n) is 2.56. The van der Waals surface area contributed by atoms with Crippen LogP contribution in [0.3, 0.4) is 0 Å². The summed E-state index contributed by atoms with van der Waals surface area (Å²) in [5.74, 6) is 0.557. The van der Waals surface area contributed by atoms with Gasteiger partial charge in [-0.15, -0.1) is 0 Å². The number of benzene rings is 1. The lowest BCUT2D eigenvalue weighted by molar-refractivity contribution is -0.384. The number of non-ortho nitro benzene ring substituents is 1. The van der Waals surface area contributed by atoms with Gasteiger partial charge in [0, 0.05) is 23.4 Å². The Hall–Kier alpha value is -2.08. The molecule has 1 aromatic heterocycles. The van der Waals surface area contributed by atoms with Gasteiger partial charge in [0.2, 0.25) is 0 Å². The molecule has 0 radical (unpaired) electrons. The number of rotatable bonds is 2. The highest BCUT2D eigenvalue weighted by atomic mass is 32.1. The predicted octanol–water partition coefficient (Wildman–Crippen LogP) is 3.33. The van der Waals surface area contributed by atoms with Crippen molar-refractivity contribution in [1.82, 2.24) is 9.97 Å². The number of hydrogen-bond acceptors (Lipinski definition) is 4. The SMILES string of the molecule is Cc1cc(=S)nc(-c2cc([N+](=O)[O-])ccc2C)[nH]1. The van der Waals surface area contributed by atoms with Gasteiger partial charge in [0.25, 0.3) is 5.69 Å². The number of nitro groups is 1. The average Bonchev–Trinajstić information content (AvgIpc) is 2.27. The highest BCUT2D eigenvalue weighted by Gasteiger charge is 2.11. The first-order valence-corrected chi connectivity index (χ1v) is 5.71. The van der Waals surface area contributed by atoms with Gasteiger partial charge < -0.3 is 4.98 Å². The Labute approximate surface area is 109 Å². The Morgan fingerprint density at radius 2 is 2.06 bits per heavy atom. The smallest absolute Gasteiger partial charge is 0.270 e. The molecule has 0 saturated heterocycles. The lowest BCUT2D eigenvalue weighted by atomic mass is 10.1. The number of hydrogen-bond donors (Lipinski definition) is 1. The van der Waals surface area contributed by atoms with E-state index in [-0.39, 0.29) is 5.69 Å². The van der Waals surface area contributed by atoms with E-state index in [9.17, 15) is 10.1 Å². The Morgan fingerprint density at radius 3 is 2.67 bits per heavy atom. The molecule has 0 atom stereocenters. The van der Waals surface area contributed by atoms with Crippen molar-refractivity contribution >= 4 is 17.9 Å². The fourth-order valence-corrected chi connectivity index (χ4v) is 1.95. The highest BCUT2D eigenvalue weighted by Crippen LogP contribution is 2.25. The first-order valence-electron chi connectivity index (χ1n) is 5.31. The lowest BCUT2D eigenvalue weighted by Gasteiger charge is -2.06. The van der Waals surface area contributed by atoms with Crippen molar-refractivity contribution < 1.29 is 4.92 Å². The van der Waals surface area contributed by atoms with Crippen molar-refractivity contribution in [3.05, 3.63) is 50.3 Å². The summed E-state index contributed by atoms with van der Waals surface area (Å²) in [4.78, 5) is 17.6. The summed E-state index contributed by atoms with van der Waals surface area (Å²) in [5.41, 5.74) is 2.51. The Morgan fingerprint density at radius 1 is 1.33 bits per heavy atom. The molecule has 2 aromatic rings. The molecular formula is C12H11N3O2S. The van der Waals surface area contributed by atoms with Gasteiger partial charge in [0.15, 0.2) is 0 Å². The summed E-state index contributed by atoms with van der Waals surface area (Å²) in [5, 5.41) is 10.8. The van der Waals surface area contributed by atoms with Crippen LogP contribution in [0, 0.1) is 28.6 Å². The Balaban J connectivity index is 2.65. The van der Waals surface area contributed by atoms with E-state index >= 15 is 0 Å². The number of aromatic nitrogens is 2. The van der Waals surface area contributed by atoms with E-state index in [1.165, 1.54) is 12.1 Å². The van der Waals surface area contributed by atoms with Gasteiger partial charge in [-0.25, -0.2) is 4.98 Å². The number of aromatic amines is 1. The normalized spacial score (nSPS) is 10.3. The van der Waals surface area contributed by atoms with Gasteiger partial charge in [-0.3, -0.25) is 10.1 Å². The molecule has 0 aliphatic carbocycles. The number of H-pyrrole nitrogens is 1. The summed E-state index contributed by atoms with van der Waals surface area (Å²) in [6.45, 7) is 3.74. The van der Waals surface area contributed by atoms with E-state index in [1.807, 2.05) is 13.8 Å². The molecule has 1 aromatic carbocycles. The van der Waals surface area contributed by atoms with E-state index in [0.717, 1.165) is 11.3 Å². The van der Waals surface area contributed by atoms with Crippen molar-refractivity contribution in [3.8, 4) is 11.4 Å². The third kappa shape index (κ3) is 2.43. The zero-order valence-corrected chi connectivity index (χ0v) is 10.7. The topological polar surface area (TPSA) is 71.8 Å². The second kappa shape index (κ2) is 4.66. The van der Waals surface area contributed by atoms with Crippen LogP contribution in [0.4, 0.5) is 5.69 Å². The maximum absolute atomic E-state index is 10.8. The van der Waals surface area contributed by atoms with Crippen LogP contribution in [0.1, 0.15) is 11.3 Å². The van der Waals surface area contributed by atoms with Crippen LogP contribution in [0.5, 0.6) is 0 Å². The number of nitro benzene ring substituents is 1. The van der Waals surface area contributed by atoms with Crippen molar-refractivity contribution in [2.75, 3.05) is 0 Å². The van der Waals surface area contributed by atoms with Crippen LogP contribution in [-0.2, 0) is 0 Å². The van der Waals surface area contributed by atoms with E-state index in [2.05, 4.69) is 9.97 Å². The minimum atomic E-state index is -0.423. The zero-order chi connectivity index (χ0) is 13.3. The van der Waals surface area contributed by atoms with Gasteiger partial charge in [-0.1, -0.05) is 18.3 Å². The molecule has 2 rings (SSSR count). The van der Waals surface area contributed by atoms with E-state index in [0.29, 0.717) is 16.0 Å². The second-order valence-corrected chi connectivity index (χ2v) is 4.43. The first-order chi connectivity index (χ1) is 8.47. The fourth-order valence-electron chi connectivity index (χ4n) is 1.68. The van der Waals surface area contributed by atoms with Crippen LogP contribution >= 0.6 is 12.2 Å². The van der Waals surface area contributed by atoms with E-state index in [1.54, 1.807) is 12.1 Å². The monoisotopic (exact) mass is 261 g/mol. The van der Waals surface area contributed by atoms with Crippen molar-refractivity contribution in [2.45, 2.75) is 13.8 Å². The van der Waals surface area contributed by atoms with Crippen LogP contribution in [0.25, 0.3) is 11.4 Å². The summed E-state index contributed by atoms with van der Waals surface area (Å²) in [6.07, 6.45) is 0. The molecule has 92 valence electrons. The molecule has 1 heterocycles. The van der Waals surface area contributed by atoms with Crippen LogP contribution in [0.2, 0.25) is 0 Å². The summed E-state index contributed by atoms with van der Waals surface area (Å²) in [6, 6.07) is 6.42. The molecule has 0 bridgehead atoms. The molecule has 0 spiro atoms. The standard InChI is InChI=1S/C12H11N3O2S/c1-7-3-4-9(15(16)17)6-10(7)12-13-8(2)5-11(18)14-12/h3-6H,1-2H3,(H,13,14,18). The van der Waals surface area contributed by atoms with Gasteiger partial charge in [0.05, 0.1) is 4.92 Å². The molecule has 0 fully saturated rings. The second-order valence-electron chi connectivity index (χ2n) is 4.01. The number of nitrogens with one attached hydrogen (secondary N) is 1. The zero-order valence-electron chi connectivity index (χ0n) is 9.93. The maximum Gasteiger partial charge on any atom is 0.270 e. The molecule has 1 N–H and O–H groups in total. The summed E-state index contributed by atoms with van der Waals surface area (Å²) in [7, 11) is 0. The largest absolute Gasteiger partial charge is 0.343 e. The molecule has 0 aliphatic heterocycles. The van der Waals surface area contributed by atoms with Crippen LogP contribution in [0.15, 0.2) is 24.3 Å². The highest BCUT2D eigenvalue weighted by molar-refractivity contribution is 7.71. The fraction of sp³-hybridized carbons (Fsp3) is 0.167. The van der Waals surface area contributed by atoms with Crippen molar-refractivity contribution in [3.63, 3.8) is 0 Å². The Kier molecular flexibility index (Phi) is 3.20. The minimum absolute atomic E-state index is 0.0400. The molecule has 0 amide bonds. The van der Waals surface area contributed by atoms with Crippen molar-refractivity contribution in [1.29, 1.82) is 0 Å². The predicted molar refractivity (Wildman–Crippen MR) is 71.0 cm³/mol. The van der Waals surface area contributed by atoms with Gasteiger partial charge in [0.1, 0.15) is 10.5 Å². The van der Waals surface area contributed by atoms with E-state index in [4.69, 9.17) is 12.2 Å². The van der Waals surface area contributed by atoms with Gasteiger partial charge in [-0.05, 0) is 25.5 Å². The quantitative estimate of drug-likeness (QED) is 0.511. The summed E-state index contributed by atoms with van der Waals surface area (Å²) < 4.78 is 0.465.